The lowest BCUT2D eigenvalue weighted by molar-refractivity contribution is -0.138. The van der Waals surface area contributed by atoms with Crippen LogP contribution in [0, 0.1) is 0 Å². The van der Waals surface area contributed by atoms with Crippen LogP contribution in [0.5, 0.6) is 0 Å². The van der Waals surface area contributed by atoms with Gasteiger partial charge in [-0.3, -0.25) is 14.5 Å². The van der Waals surface area contributed by atoms with E-state index in [9.17, 15) is 14.4 Å². The largest absolute Gasteiger partial charge is 0.340 e. The van der Waals surface area contributed by atoms with Gasteiger partial charge in [0.2, 0.25) is 5.91 Å². The van der Waals surface area contributed by atoms with Crippen molar-refractivity contribution < 1.29 is 14.4 Å². The molecule has 0 aliphatic carbocycles. The molecule has 0 spiro atoms. The summed E-state index contributed by atoms with van der Waals surface area (Å²) in [5.41, 5.74) is 0.281. The smallest absolute Gasteiger partial charge is 0.325 e. The summed E-state index contributed by atoms with van der Waals surface area (Å²) in [7, 11) is 1.61. The fraction of sp³-hybridized carbons (Fsp3) is 0.250. The first kappa shape index (κ1) is 18.9. The van der Waals surface area contributed by atoms with Gasteiger partial charge in [0.1, 0.15) is 12.1 Å². The molecule has 2 aromatic carbocycles. The summed E-state index contributed by atoms with van der Waals surface area (Å²) in [6, 6.07) is 15.6. The van der Waals surface area contributed by atoms with Crippen LogP contribution < -0.4 is 5.32 Å². The number of hydrogen-bond acceptors (Lipinski definition) is 3. The number of carbonyl (C=O) groups is 3. The number of nitrogens with zero attached hydrogens (tertiary/aromatic N) is 2. The quantitative estimate of drug-likeness (QED) is 0.804. The highest BCUT2D eigenvalue weighted by atomic mass is 35.5. The summed E-state index contributed by atoms with van der Waals surface area (Å²) >= 11 is 6.13. The van der Waals surface area contributed by atoms with Gasteiger partial charge in [-0.15, -0.1) is 0 Å². The van der Waals surface area contributed by atoms with Gasteiger partial charge in [-0.1, -0.05) is 60.1 Å². The van der Waals surface area contributed by atoms with E-state index in [1.165, 1.54) is 4.90 Å². The van der Waals surface area contributed by atoms with Crippen LogP contribution in [0.4, 0.5) is 4.79 Å². The molecule has 1 N–H and O–H groups in total. The summed E-state index contributed by atoms with van der Waals surface area (Å²) < 4.78 is 0. The van der Waals surface area contributed by atoms with Crippen molar-refractivity contribution in [1.82, 2.24) is 15.1 Å². The Morgan fingerprint density at radius 3 is 2.41 bits per heavy atom. The van der Waals surface area contributed by atoms with Crippen LogP contribution in [0.3, 0.4) is 0 Å². The molecule has 1 saturated heterocycles. The number of amides is 4. The number of halogens is 1. The Kier molecular flexibility index (Phi) is 5.19. The molecule has 0 unspecified atom stereocenters. The Hall–Kier alpha value is -2.86. The Morgan fingerprint density at radius 1 is 1.11 bits per heavy atom. The van der Waals surface area contributed by atoms with Crippen LogP contribution in [0.15, 0.2) is 54.6 Å². The lowest BCUT2D eigenvalue weighted by Gasteiger charge is -2.23. The van der Waals surface area contributed by atoms with Gasteiger partial charge in [-0.2, -0.15) is 0 Å². The molecule has 1 aliphatic heterocycles. The highest BCUT2D eigenvalue weighted by molar-refractivity contribution is 6.31. The Balaban J connectivity index is 1.72. The first-order valence-corrected chi connectivity index (χ1v) is 8.87. The maximum atomic E-state index is 12.9. The molecule has 0 radical (unpaired) electrons. The van der Waals surface area contributed by atoms with Gasteiger partial charge in [0, 0.05) is 18.6 Å². The zero-order chi connectivity index (χ0) is 19.6. The maximum absolute atomic E-state index is 12.9. The normalized spacial score (nSPS) is 19.1. The molecule has 1 fully saturated rings. The van der Waals surface area contributed by atoms with Crippen molar-refractivity contribution in [1.29, 1.82) is 0 Å². The van der Waals surface area contributed by atoms with Gasteiger partial charge in [0.15, 0.2) is 0 Å². The highest BCUT2D eigenvalue weighted by Gasteiger charge is 2.49. The summed E-state index contributed by atoms with van der Waals surface area (Å²) in [6.07, 6.45) is 0. The molecule has 1 atom stereocenters. The zero-order valence-electron chi connectivity index (χ0n) is 15.1. The molecule has 4 amide bonds. The number of imide groups is 1. The number of hydrogen-bond donors (Lipinski definition) is 1. The van der Waals surface area contributed by atoms with Gasteiger partial charge >= 0.3 is 6.03 Å². The van der Waals surface area contributed by atoms with Crippen LogP contribution in [0.1, 0.15) is 18.1 Å². The molecule has 2 aromatic rings. The van der Waals surface area contributed by atoms with E-state index in [0.29, 0.717) is 10.6 Å². The van der Waals surface area contributed by atoms with Gasteiger partial charge in [0.25, 0.3) is 5.91 Å². The summed E-state index contributed by atoms with van der Waals surface area (Å²) in [5.74, 6) is -0.797. The van der Waals surface area contributed by atoms with E-state index in [-0.39, 0.29) is 19.0 Å². The van der Waals surface area contributed by atoms with Crippen molar-refractivity contribution >= 4 is 29.4 Å². The maximum Gasteiger partial charge on any atom is 0.325 e. The standard InChI is InChI=1S/C20H20ClN3O3/c1-20(15-9-4-3-5-10-15)18(26)24(19(27)22-20)13-17(25)23(2)12-14-8-6-7-11-16(14)21/h3-11H,12-13H2,1-2H3,(H,22,27)/t20-/m0/s1. The molecule has 3 rings (SSSR count). The van der Waals surface area contributed by atoms with Crippen molar-refractivity contribution in [2.45, 2.75) is 19.0 Å². The number of rotatable bonds is 5. The summed E-state index contributed by atoms with van der Waals surface area (Å²) in [4.78, 5) is 40.2. The molecule has 1 aliphatic rings. The van der Waals surface area contributed by atoms with Crippen LogP contribution in [-0.4, -0.2) is 41.2 Å². The van der Waals surface area contributed by atoms with Crippen LogP contribution in [-0.2, 0) is 21.7 Å². The molecular formula is C20H20ClN3O3. The number of urea groups is 1. The van der Waals surface area contributed by atoms with Crippen molar-refractivity contribution in [3.63, 3.8) is 0 Å². The van der Waals surface area contributed by atoms with Gasteiger partial charge in [-0.25, -0.2) is 4.79 Å². The molecule has 0 aromatic heterocycles. The average Bonchev–Trinajstić information content (AvgIpc) is 2.88. The van der Waals surface area contributed by atoms with Gasteiger partial charge < -0.3 is 10.2 Å². The number of likely N-dealkylation sites (N-methyl/N-ethyl adjacent to an activating group) is 1. The third kappa shape index (κ3) is 3.66. The van der Waals surface area contributed by atoms with E-state index < -0.39 is 17.5 Å². The number of carbonyl (C=O) groups excluding carboxylic acids is 3. The third-order valence-corrected chi connectivity index (χ3v) is 5.08. The molecule has 6 nitrogen and oxygen atoms in total. The molecule has 0 saturated carbocycles. The fourth-order valence-electron chi connectivity index (χ4n) is 3.03. The second-order valence-corrected chi connectivity index (χ2v) is 7.06. The minimum Gasteiger partial charge on any atom is -0.340 e. The van der Waals surface area contributed by atoms with Crippen molar-refractivity contribution in [2.75, 3.05) is 13.6 Å². The fourth-order valence-corrected chi connectivity index (χ4v) is 3.23. The molecule has 7 heteroatoms. The summed E-state index contributed by atoms with van der Waals surface area (Å²) in [6.45, 7) is 1.60. The van der Waals surface area contributed by atoms with Crippen LogP contribution >= 0.6 is 11.6 Å². The monoisotopic (exact) mass is 385 g/mol. The molecule has 1 heterocycles. The van der Waals surface area contributed by atoms with Crippen molar-refractivity contribution in [3.05, 3.63) is 70.7 Å². The second kappa shape index (κ2) is 7.40. The Labute approximate surface area is 162 Å². The van der Waals surface area contributed by atoms with E-state index in [4.69, 9.17) is 11.6 Å². The third-order valence-electron chi connectivity index (χ3n) is 4.71. The van der Waals surface area contributed by atoms with E-state index in [1.54, 1.807) is 44.3 Å². The van der Waals surface area contributed by atoms with E-state index in [1.807, 2.05) is 24.3 Å². The first-order valence-electron chi connectivity index (χ1n) is 8.50. The lowest BCUT2D eigenvalue weighted by Crippen LogP contribution is -2.43. The van der Waals surface area contributed by atoms with E-state index in [0.717, 1.165) is 10.5 Å². The zero-order valence-corrected chi connectivity index (χ0v) is 15.9. The molecule has 140 valence electrons. The van der Waals surface area contributed by atoms with Crippen LogP contribution in [0.25, 0.3) is 0 Å². The first-order chi connectivity index (χ1) is 12.8. The number of nitrogens with one attached hydrogen (secondary N) is 1. The number of benzene rings is 2. The minimum atomic E-state index is -1.18. The predicted octanol–water partition coefficient (Wildman–Crippen LogP) is 2.77. The average molecular weight is 386 g/mol. The van der Waals surface area contributed by atoms with E-state index >= 15 is 0 Å². The lowest BCUT2D eigenvalue weighted by atomic mass is 9.92. The van der Waals surface area contributed by atoms with Gasteiger partial charge in [-0.05, 0) is 24.1 Å². The molecule has 27 heavy (non-hydrogen) atoms. The molecular weight excluding hydrogens is 366 g/mol. The summed E-state index contributed by atoms with van der Waals surface area (Å²) in [5, 5.41) is 3.25. The highest BCUT2D eigenvalue weighted by Crippen LogP contribution is 2.28. The van der Waals surface area contributed by atoms with Crippen LogP contribution in [0.2, 0.25) is 5.02 Å². The second-order valence-electron chi connectivity index (χ2n) is 6.65. The molecule has 0 bridgehead atoms. The Morgan fingerprint density at radius 2 is 1.74 bits per heavy atom. The minimum absolute atomic E-state index is 0.290. The van der Waals surface area contributed by atoms with E-state index in [2.05, 4.69) is 5.32 Å². The van der Waals surface area contributed by atoms with Gasteiger partial charge in [0.05, 0.1) is 0 Å². The Bertz CT molecular complexity index is 887. The topological polar surface area (TPSA) is 69.7 Å². The predicted molar refractivity (Wildman–Crippen MR) is 102 cm³/mol. The van der Waals surface area contributed by atoms with Crippen molar-refractivity contribution in [3.8, 4) is 0 Å². The van der Waals surface area contributed by atoms with Crippen molar-refractivity contribution in [2.24, 2.45) is 0 Å². The SMILES string of the molecule is CN(Cc1ccccc1Cl)C(=O)CN1C(=O)N[C@@](C)(c2ccccc2)C1=O.